The summed E-state index contributed by atoms with van der Waals surface area (Å²) in [6, 6.07) is 24.5. The number of nitrogens with one attached hydrogen (secondary N) is 3. The highest BCUT2D eigenvalue weighted by molar-refractivity contribution is 7.07. The van der Waals surface area contributed by atoms with Crippen molar-refractivity contribution in [3.63, 3.8) is 0 Å². The Morgan fingerprint density at radius 3 is 2.20 bits per heavy atom. The Bertz CT molecular complexity index is 1390. The fourth-order valence-corrected chi connectivity index (χ4v) is 5.88. The molecule has 0 fully saturated rings. The van der Waals surface area contributed by atoms with E-state index in [1.54, 1.807) is 35.6 Å². The molecular weight excluding hydrogens is 522 g/mol. The number of amides is 3. The van der Waals surface area contributed by atoms with Gasteiger partial charge in [-0.1, -0.05) is 60.7 Å². The fourth-order valence-electron chi connectivity index (χ4n) is 5.20. The standard InChI is InChI=1S/C32H33N3O4S/c1-21(16-23-14-15-40-20-23)34-31(37)33-18-24(17-22-10-12-25(36)13-11-22)35-32(38)39-19-30-28-8-4-2-6-26(28)27-7-3-5-9-29(27)30/h2-15,20-21,24,30,36H,16-19H2,1H3,(H,35,38)(H2,33,34,37)/t21-,24-/m0/s1. The van der Waals surface area contributed by atoms with E-state index < -0.39 is 12.1 Å². The minimum Gasteiger partial charge on any atom is -0.508 e. The summed E-state index contributed by atoms with van der Waals surface area (Å²) < 4.78 is 5.74. The molecule has 206 valence electrons. The van der Waals surface area contributed by atoms with E-state index in [-0.39, 0.29) is 36.9 Å². The van der Waals surface area contributed by atoms with Gasteiger partial charge in [0.25, 0.3) is 0 Å². The number of phenols is 1. The zero-order valence-corrected chi connectivity index (χ0v) is 23.1. The quantitative estimate of drug-likeness (QED) is 0.198. The van der Waals surface area contributed by atoms with Gasteiger partial charge < -0.3 is 25.8 Å². The lowest BCUT2D eigenvalue weighted by Crippen LogP contribution is -2.49. The molecule has 2 atom stereocenters. The molecule has 0 unspecified atom stereocenters. The Kier molecular flexibility index (Phi) is 8.66. The molecule has 0 radical (unpaired) electrons. The average molecular weight is 556 g/mol. The number of aromatic hydroxyl groups is 1. The third kappa shape index (κ3) is 6.82. The van der Waals surface area contributed by atoms with Crippen LogP contribution in [0.2, 0.25) is 0 Å². The van der Waals surface area contributed by atoms with Crippen molar-refractivity contribution in [3.05, 3.63) is 112 Å². The van der Waals surface area contributed by atoms with Crippen LogP contribution in [0.3, 0.4) is 0 Å². The fraction of sp³-hybridized carbons (Fsp3) is 0.250. The first-order chi connectivity index (χ1) is 19.5. The van der Waals surface area contributed by atoms with Crippen LogP contribution in [-0.2, 0) is 17.6 Å². The number of phenolic OH excluding ortho intramolecular Hbond substituents is 1. The van der Waals surface area contributed by atoms with Crippen LogP contribution in [0.15, 0.2) is 89.6 Å². The molecule has 3 amide bonds. The number of alkyl carbamates (subject to hydrolysis) is 1. The van der Waals surface area contributed by atoms with Crippen molar-refractivity contribution in [1.29, 1.82) is 0 Å². The molecule has 0 spiro atoms. The highest BCUT2D eigenvalue weighted by Crippen LogP contribution is 2.44. The van der Waals surface area contributed by atoms with Crippen LogP contribution in [0.25, 0.3) is 11.1 Å². The molecule has 1 heterocycles. The van der Waals surface area contributed by atoms with Gasteiger partial charge in [0.1, 0.15) is 12.4 Å². The summed E-state index contributed by atoms with van der Waals surface area (Å²) in [6.45, 7) is 2.38. The first-order valence-electron chi connectivity index (χ1n) is 13.4. The van der Waals surface area contributed by atoms with Crippen LogP contribution in [0.1, 0.15) is 35.1 Å². The molecule has 8 heteroatoms. The first kappa shape index (κ1) is 27.3. The Morgan fingerprint density at radius 1 is 0.875 bits per heavy atom. The smallest absolute Gasteiger partial charge is 0.407 e. The lowest BCUT2D eigenvalue weighted by atomic mass is 9.98. The molecule has 0 aliphatic heterocycles. The molecule has 7 nitrogen and oxygen atoms in total. The molecule has 1 aliphatic carbocycles. The zero-order chi connectivity index (χ0) is 27.9. The van der Waals surface area contributed by atoms with E-state index in [2.05, 4.69) is 45.6 Å². The van der Waals surface area contributed by atoms with E-state index in [0.29, 0.717) is 6.42 Å². The van der Waals surface area contributed by atoms with Crippen molar-refractivity contribution in [3.8, 4) is 16.9 Å². The number of hydrogen-bond acceptors (Lipinski definition) is 5. The SMILES string of the molecule is C[C@@H](Cc1ccsc1)NC(=O)NC[C@H](Cc1ccc(O)cc1)NC(=O)OCC1c2ccccc2-c2ccccc21. The molecule has 1 aromatic heterocycles. The second kappa shape index (κ2) is 12.7. The number of fused-ring (bicyclic) bond motifs is 3. The average Bonchev–Trinajstić information content (AvgIpc) is 3.57. The van der Waals surface area contributed by atoms with Crippen LogP contribution in [0.4, 0.5) is 9.59 Å². The molecule has 3 aromatic carbocycles. The summed E-state index contributed by atoms with van der Waals surface area (Å²) in [6.07, 6.45) is 0.653. The lowest BCUT2D eigenvalue weighted by Gasteiger charge is -2.21. The van der Waals surface area contributed by atoms with Gasteiger partial charge in [-0.05, 0) is 82.1 Å². The van der Waals surface area contributed by atoms with Crippen LogP contribution in [0, 0.1) is 0 Å². The molecule has 0 bridgehead atoms. The van der Waals surface area contributed by atoms with Crippen molar-refractivity contribution in [1.82, 2.24) is 16.0 Å². The molecule has 5 rings (SSSR count). The maximum absolute atomic E-state index is 13.0. The van der Waals surface area contributed by atoms with Gasteiger partial charge in [0.2, 0.25) is 0 Å². The Labute approximate surface area is 238 Å². The number of urea groups is 1. The first-order valence-corrected chi connectivity index (χ1v) is 14.4. The van der Waals surface area contributed by atoms with Crippen LogP contribution >= 0.6 is 11.3 Å². The van der Waals surface area contributed by atoms with Gasteiger partial charge in [-0.15, -0.1) is 0 Å². The van der Waals surface area contributed by atoms with Gasteiger partial charge in [0.05, 0.1) is 6.04 Å². The minimum atomic E-state index is -0.543. The number of carbonyl (C=O) groups excluding carboxylic acids is 2. The molecule has 1 aliphatic rings. The Hall–Kier alpha value is -4.30. The van der Waals surface area contributed by atoms with Crippen molar-refractivity contribution in [2.75, 3.05) is 13.2 Å². The summed E-state index contributed by atoms with van der Waals surface area (Å²) in [4.78, 5) is 25.6. The van der Waals surface area contributed by atoms with Gasteiger partial charge in [-0.3, -0.25) is 0 Å². The Morgan fingerprint density at radius 2 is 1.55 bits per heavy atom. The largest absolute Gasteiger partial charge is 0.508 e. The number of ether oxygens (including phenoxy) is 1. The van der Waals surface area contributed by atoms with Crippen molar-refractivity contribution in [2.24, 2.45) is 0 Å². The topological polar surface area (TPSA) is 99.7 Å². The van der Waals surface area contributed by atoms with E-state index >= 15 is 0 Å². The molecule has 0 saturated carbocycles. The van der Waals surface area contributed by atoms with Crippen LogP contribution in [-0.4, -0.2) is 42.5 Å². The van der Waals surface area contributed by atoms with Crippen molar-refractivity contribution in [2.45, 2.75) is 37.8 Å². The van der Waals surface area contributed by atoms with Gasteiger partial charge in [-0.2, -0.15) is 11.3 Å². The highest BCUT2D eigenvalue weighted by atomic mass is 32.1. The van der Waals surface area contributed by atoms with Crippen molar-refractivity contribution < 1.29 is 19.4 Å². The summed E-state index contributed by atoms with van der Waals surface area (Å²) in [7, 11) is 0. The van der Waals surface area contributed by atoms with Crippen LogP contribution in [0.5, 0.6) is 5.75 Å². The summed E-state index contributed by atoms with van der Waals surface area (Å²) in [5, 5.41) is 22.5. The molecular formula is C32H33N3O4S. The number of benzene rings is 3. The zero-order valence-electron chi connectivity index (χ0n) is 22.3. The molecule has 4 N–H and O–H groups in total. The van der Waals surface area contributed by atoms with E-state index in [0.717, 1.165) is 23.1 Å². The number of hydrogen-bond donors (Lipinski definition) is 4. The second-order valence-electron chi connectivity index (χ2n) is 10.1. The molecule has 0 saturated heterocycles. The summed E-state index contributed by atoms with van der Waals surface area (Å²) in [5.41, 5.74) is 6.72. The van der Waals surface area contributed by atoms with Gasteiger partial charge >= 0.3 is 12.1 Å². The lowest BCUT2D eigenvalue weighted by molar-refractivity contribution is 0.138. The third-order valence-corrected chi connectivity index (χ3v) is 7.82. The van der Waals surface area contributed by atoms with E-state index in [1.165, 1.54) is 16.7 Å². The van der Waals surface area contributed by atoms with E-state index in [9.17, 15) is 14.7 Å². The van der Waals surface area contributed by atoms with Crippen LogP contribution < -0.4 is 16.0 Å². The van der Waals surface area contributed by atoms with Gasteiger partial charge in [-0.25, -0.2) is 9.59 Å². The predicted octanol–water partition coefficient (Wildman–Crippen LogP) is 5.83. The normalized spacial score (nSPS) is 13.5. The predicted molar refractivity (Wildman–Crippen MR) is 158 cm³/mol. The summed E-state index contributed by atoms with van der Waals surface area (Å²) >= 11 is 1.63. The number of carbonyl (C=O) groups is 2. The molecule has 40 heavy (non-hydrogen) atoms. The Balaban J connectivity index is 1.19. The highest BCUT2D eigenvalue weighted by Gasteiger charge is 2.29. The minimum absolute atomic E-state index is 0.0395. The van der Waals surface area contributed by atoms with Gasteiger partial charge in [0, 0.05) is 18.5 Å². The number of rotatable bonds is 10. The maximum Gasteiger partial charge on any atom is 0.407 e. The van der Waals surface area contributed by atoms with Gasteiger partial charge in [0.15, 0.2) is 0 Å². The third-order valence-electron chi connectivity index (χ3n) is 7.09. The van der Waals surface area contributed by atoms with Crippen molar-refractivity contribution >= 4 is 23.5 Å². The van der Waals surface area contributed by atoms with E-state index in [1.807, 2.05) is 42.6 Å². The second-order valence-corrected chi connectivity index (χ2v) is 10.9. The number of thiophene rings is 1. The molecule has 4 aromatic rings. The summed E-state index contributed by atoms with van der Waals surface area (Å²) in [5.74, 6) is 0.129. The van der Waals surface area contributed by atoms with E-state index in [4.69, 9.17) is 4.74 Å². The monoisotopic (exact) mass is 555 g/mol. The maximum atomic E-state index is 13.0.